The summed E-state index contributed by atoms with van der Waals surface area (Å²) >= 11 is 9.61. The minimum atomic E-state index is -4.53. The van der Waals surface area contributed by atoms with E-state index in [1.165, 1.54) is 28.8 Å². The van der Waals surface area contributed by atoms with Gasteiger partial charge in [0.2, 0.25) is 17.7 Å². The van der Waals surface area contributed by atoms with E-state index in [-0.39, 0.29) is 66.0 Å². The number of hydrogen-bond donors (Lipinski definition) is 6. The predicted octanol–water partition coefficient (Wildman–Crippen LogP) is 12.2. The van der Waals surface area contributed by atoms with Crippen LogP contribution in [0.25, 0.3) is 16.0 Å². The zero-order valence-corrected chi connectivity index (χ0v) is 66.4. The van der Waals surface area contributed by atoms with Crippen molar-refractivity contribution in [3.05, 3.63) is 170 Å². The topological polar surface area (TPSA) is 266 Å². The van der Waals surface area contributed by atoms with E-state index >= 15 is 0 Å². The first kappa shape index (κ1) is 82.2. The number of sulfonamides is 1. The molecule has 22 nitrogen and oxygen atoms in total. The van der Waals surface area contributed by atoms with Crippen molar-refractivity contribution in [2.45, 2.75) is 159 Å². The smallest absolute Gasteiger partial charge is 0.293 e. The summed E-state index contributed by atoms with van der Waals surface area (Å²) in [5.41, 5.74) is 9.18. The summed E-state index contributed by atoms with van der Waals surface area (Å²) in [4.78, 5) is 86.3. The maximum Gasteiger partial charge on any atom is 0.293 e. The standard InChI is InChI=1S/C81H109ClN12O10S3/c1-8-88(47-48-95)38-35-65(54-105-68-17-13-12-14-18-68)86-71-33-32-69(50-72(71)94(101)102)107(103,104)87-77(98)62-26-30-66(31-27-62)91-43-39-89(40-44-91)52-63-51-81(7,36-34-70(63)60-24-28-64(82)29-25-60)55-90-41-45-92(46-42-90)74(97)19-15-10-9-11-16-37-83-76(80(4,5)6)79(100)93-53-67(96)49-73(93)78(99)85-57(2)59-20-22-61(23-21-59)75-58(3)84-56-106-75/h12-14,17-18,20-33,50,56-57,65,67,73,76,83,86,95-96H,8-11,15-16,19,34-49,51-55H2,1-7H3,(H,85,99)(H,87,98)/t57-,65+,67+,73-,76+,81?/m0/s1. The molecule has 3 fully saturated rings. The monoisotopic (exact) mass is 1540 g/mol. The Morgan fingerprint density at radius 3 is 2.21 bits per heavy atom. The molecular weight excluding hydrogens is 1430 g/mol. The molecule has 3 aliphatic heterocycles. The third-order valence-electron chi connectivity index (χ3n) is 21.4. The molecule has 26 heteroatoms. The van der Waals surface area contributed by atoms with E-state index in [0.717, 1.165) is 149 Å². The first-order valence-electron chi connectivity index (χ1n) is 38.0. The molecule has 6 aromatic rings. The molecule has 6 atom stereocenters. The van der Waals surface area contributed by atoms with Crippen LogP contribution >= 0.6 is 34.7 Å². The number of amides is 4. The third-order valence-corrected chi connectivity index (χ3v) is 25.2. The number of anilines is 2. The molecule has 1 unspecified atom stereocenters. The molecule has 0 saturated carbocycles. The van der Waals surface area contributed by atoms with E-state index in [4.69, 9.17) is 11.6 Å². The van der Waals surface area contributed by atoms with Crippen molar-refractivity contribution < 1.29 is 42.7 Å². The lowest BCUT2D eigenvalue weighted by Gasteiger charge is -2.44. The van der Waals surface area contributed by atoms with Crippen LogP contribution in [0.2, 0.25) is 5.02 Å². The van der Waals surface area contributed by atoms with Crippen LogP contribution in [0.3, 0.4) is 0 Å². The molecule has 10 rings (SSSR count). The van der Waals surface area contributed by atoms with Gasteiger partial charge in [0.15, 0.2) is 0 Å². The highest BCUT2D eigenvalue weighted by Crippen LogP contribution is 2.44. The second kappa shape index (κ2) is 38.4. The number of nitro groups is 1. The first-order valence-corrected chi connectivity index (χ1v) is 41.7. The number of aliphatic hydroxyl groups excluding tert-OH is 2. The Balaban J connectivity index is 0.645. The van der Waals surface area contributed by atoms with Crippen LogP contribution in [0.15, 0.2) is 142 Å². The largest absolute Gasteiger partial charge is 0.395 e. The van der Waals surface area contributed by atoms with E-state index in [1.807, 2.05) is 131 Å². The molecule has 4 amide bonds. The number of nitro benzene ring substituents is 1. The lowest BCUT2D eigenvalue weighted by molar-refractivity contribution is -0.384. The SMILES string of the molecule is CCN(CCO)CC[C@H](CSc1ccccc1)Nc1ccc(S(=O)(=O)NC(=O)c2ccc(N3CCN(CC4=C(c5ccc(Cl)cc5)CCC(C)(CN5CCN(C(=O)CCCCCCCN[C@H](C(=O)N6C[C@H](O)C[C@H]6C(=O)N[C@@H](C)c6ccc(-c7scnc7C)cc6)C(C)(C)C)CC5)C4)CC3)cc2)cc1[N+](=O)[O-]. The highest BCUT2D eigenvalue weighted by atomic mass is 35.5. The van der Waals surface area contributed by atoms with Crippen molar-refractivity contribution in [1.29, 1.82) is 0 Å². The number of aryl methyl sites for hydroxylation is 1. The van der Waals surface area contributed by atoms with Gasteiger partial charge in [0, 0.05) is 137 Å². The number of halogens is 1. The summed E-state index contributed by atoms with van der Waals surface area (Å²) in [7, 11) is -4.53. The molecule has 4 heterocycles. The number of unbranched alkanes of at least 4 members (excludes halogenated alkanes) is 4. The lowest BCUT2D eigenvalue weighted by atomic mass is 9.71. The quantitative estimate of drug-likeness (QED) is 0.00934. The summed E-state index contributed by atoms with van der Waals surface area (Å²) in [6.45, 7) is 25.0. The summed E-state index contributed by atoms with van der Waals surface area (Å²) in [5.74, 6) is -0.527. The molecule has 1 aliphatic carbocycles. The highest BCUT2D eigenvalue weighted by Gasteiger charge is 2.44. The molecule has 0 bridgehead atoms. The second-order valence-electron chi connectivity index (χ2n) is 30.6. The van der Waals surface area contributed by atoms with Crippen LogP contribution in [0, 0.1) is 27.9 Å². The van der Waals surface area contributed by atoms with Gasteiger partial charge in [0.25, 0.3) is 21.6 Å². The number of hydrogen-bond acceptors (Lipinski definition) is 19. The Kier molecular flexibility index (Phi) is 29.5. The molecule has 0 spiro atoms. The zero-order chi connectivity index (χ0) is 76.4. The average molecular weight is 1540 g/mol. The summed E-state index contributed by atoms with van der Waals surface area (Å²) in [6, 6.07) is 34.7. The zero-order valence-electron chi connectivity index (χ0n) is 63.2. The number of carbonyl (C=O) groups is 4. The van der Waals surface area contributed by atoms with E-state index in [9.17, 15) is 47.9 Å². The molecule has 0 radical (unpaired) electrons. The molecule has 107 heavy (non-hydrogen) atoms. The van der Waals surface area contributed by atoms with Crippen LogP contribution in [0.4, 0.5) is 17.1 Å². The Hall–Kier alpha value is -7.30. The van der Waals surface area contributed by atoms with Crippen molar-refractivity contribution in [1.82, 2.24) is 44.8 Å². The number of thioether (sulfide) groups is 1. The van der Waals surface area contributed by atoms with Gasteiger partial charge in [-0.15, -0.1) is 23.1 Å². The molecule has 3 saturated heterocycles. The summed E-state index contributed by atoms with van der Waals surface area (Å²) < 4.78 is 29.6. The van der Waals surface area contributed by atoms with E-state index < -0.39 is 55.0 Å². The Labute approximate surface area is 645 Å². The van der Waals surface area contributed by atoms with E-state index in [0.29, 0.717) is 56.3 Å². The van der Waals surface area contributed by atoms with Crippen molar-refractivity contribution in [2.24, 2.45) is 10.8 Å². The van der Waals surface area contributed by atoms with E-state index in [2.05, 4.69) is 64.3 Å². The van der Waals surface area contributed by atoms with Crippen LogP contribution in [-0.4, -0.2) is 211 Å². The average Bonchev–Trinajstić information content (AvgIpc) is 1.66. The number of aliphatic hydroxyl groups is 2. The fourth-order valence-corrected chi connectivity index (χ4v) is 18.2. The highest BCUT2D eigenvalue weighted by molar-refractivity contribution is 7.99. The van der Waals surface area contributed by atoms with Crippen LogP contribution in [0.1, 0.15) is 145 Å². The van der Waals surface area contributed by atoms with Gasteiger partial charge in [-0.2, -0.15) is 0 Å². The maximum atomic E-state index is 14.3. The van der Waals surface area contributed by atoms with Gasteiger partial charge in [-0.1, -0.05) is 126 Å². The van der Waals surface area contributed by atoms with Gasteiger partial charge < -0.3 is 45.8 Å². The number of carbonyl (C=O) groups excluding carboxylic acids is 4. The first-order chi connectivity index (χ1) is 51.3. The fourth-order valence-electron chi connectivity index (χ4n) is 15.2. The maximum absolute atomic E-state index is 14.3. The molecule has 6 N–H and O–H groups in total. The van der Waals surface area contributed by atoms with Gasteiger partial charge in [-0.25, -0.2) is 18.1 Å². The number of likely N-dealkylation sites (N-methyl/N-ethyl adjacent to an activating group) is 1. The van der Waals surface area contributed by atoms with Gasteiger partial charge in [0.05, 0.1) is 50.7 Å². The van der Waals surface area contributed by atoms with Crippen LogP contribution in [-0.2, 0) is 24.4 Å². The second-order valence-corrected chi connectivity index (χ2v) is 34.7. The molecule has 1 aromatic heterocycles. The van der Waals surface area contributed by atoms with Gasteiger partial charge in [-0.3, -0.25) is 39.1 Å². The van der Waals surface area contributed by atoms with E-state index in [1.54, 1.807) is 40.1 Å². The molecule has 5 aromatic carbocycles. The van der Waals surface area contributed by atoms with Crippen molar-refractivity contribution in [3.8, 4) is 10.4 Å². The number of benzene rings is 5. The number of nitrogens with zero attached hydrogens (tertiary/aromatic N) is 8. The Bertz CT molecular complexity index is 4090. The number of thiazole rings is 1. The molecular formula is C81H109ClN12O10S3. The number of β-amino-alcohol motifs (C(OH)–C–C–N with tert-alkyl or cyclic N) is 1. The number of allylic oxidation sites excluding steroid dienone is 1. The minimum Gasteiger partial charge on any atom is -0.395 e. The predicted molar refractivity (Wildman–Crippen MR) is 429 cm³/mol. The fraction of sp³-hybridized carbons (Fsp3) is 0.519. The number of piperazine rings is 2. The number of aromatic nitrogens is 1. The Morgan fingerprint density at radius 1 is 0.860 bits per heavy atom. The van der Waals surface area contributed by atoms with Crippen LogP contribution < -0.4 is 25.6 Å². The normalized spacial score (nSPS) is 19.2. The number of likely N-dealkylation sites (tertiary alicyclic amines) is 1. The lowest BCUT2D eigenvalue weighted by Crippen LogP contribution is -2.56. The molecule has 578 valence electrons. The Morgan fingerprint density at radius 2 is 1.54 bits per heavy atom. The van der Waals surface area contributed by atoms with Crippen molar-refractivity contribution >= 4 is 91.0 Å². The van der Waals surface area contributed by atoms with Gasteiger partial charge in [-0.05, 0) is 159 Å². The van der Waals surface area contributed by atoms with Gasteiger partial charge in [0.1, 0.15) is 11.7 Å². The van der Waals surface area contributed by atoms with Crippen LogP contribution in [0.5, 0.6) is 0 Å². The summed E-state index contributed by atoms with van der Waals surface area (Å²) in [5, 5.41) is 43.5. The minimum absolute atomic E-state index is 0.00818. The third kappa shape index (κ3) is 22.9. The molecule has 4 aliphatic rings. The van der Waals surface area contributed by atoms with Gasteiger partial charge >= 0.3 is 0 Å². The van der Waals surface area contributed by atoms with Crippen molar-refractivity contribution in [3.63, 3.8) is 0 Å². The summed E-state index contributed by atoms with van der Waals surface area (Å²) in [6.07, 6.45) is 8.04. The number of rotatable bonds is 35. The number of nitrogens with one attached hydrogen (secondary N) is 4. The van der Waals surface area contributed by atoms with Crippen molar-refractivity contribution in [2.75, 3.05) is 121 Å².